The molecular formula is C15H15F3O4S2. The molecule has 2 aromatic carbocycles. The smallest absolute Gasteiger partial charge is 0.457 e. The highest BCUT2D eigenvalue weighted by molar-refractivity contribution is 7.97. The van der Waals surface area contributed by atoms with Crippen LogP contribution in [-0.4, -0.2) is 26.4 Å². The molecule has 0 aliphatic rings. The van der Waals surface area contributed by atoms with E-state index in [1.165, 1.54) is 12.1 Å². The second-order valence-electron chi connectivity index (χ2n) is 4.28. The van der Waals surface area contributed by atoms with Gasteiger partial charge in [-0.3, -0.25) is 0 Å². The summed E-state index contributed by atoms with van der Waals surface area (Å²) in [6, 6.07) is 13.4. The van der Waals surface area contributed by atoms with Gasteiger partial charge in [-0.2, -0.15) is 33.4 Å². The second kappa shape index (κ2) is 8.84. The first-order valence-corrected chi connectivity index (χ1v) is 9.47. The third kappa shape index (κ3) is 6.32. The topological polar surface area (TPSA) is 52.6 Å². The fourth-order valence-corrected chi connectivity index (χ4v) is 1.82. The Morgan fingerprint density at radius 1 is 0.833 bits per heavy atom. The minimum absolute atomic E-state index is 0.331. The molecular weight excluding hydrogens is 365 g/mol. The normalized spacial score (nSPS) is 11.2. The maximum absolute atomic E-state index is 12.1. The third-order valence-electron chi connectivity index (χ3n) is 2.29. The number of ether oxygens (including phenoxy) is 1. The fourth-order valence-electron chi connectivity index (χ4n) is 1.36. The van der Waals surface area contributed by atoms with E-state index in [0.717, 1.165) is 12.1 Å². The quantitative estimate of drug-likeness (QED) is 0.569. The number of thioether (sulfide) groups is 1. The molecule has 0 spiro atoms. The van der Waals surface area contributed by atoms with Crippen LogP contribution in [0.15, 0.2) is 54.6 Å². The van der Waals surface area contributed by atoms with Gasteiger partial charge in [-0.25, -0.2) is 0 Å². The highest BCUT2D eigenvalue weighted by Gasteiger charge is 2.48. The Balaban J connectivity index is 0.000000891. The molecule has 0 bridgehead atoms. The molecule has 4 nitrogen and oxygen atoms in total. The second-order valence-corrected chi connectivity index (χ2v) is 6.63. The van der Waals surface area contributed by atoms with Crippen LogP contribution in [0.1, 0.15) is 0 Å². The van der Waals surface area contributed by atoms with Gasteiger partial charge in [0.25, 0.3) is 0 Å². The highest BCUT2D eigenvalue weighted by atomic mass is 32.2. The summed E-state index contributed by atoms with van der Waals surface area (Å²) >= 11 is 1.75. The summed E-state index contributed by atoms with van der Waals surface area (Å²) in [6.45, 7) is 0. The van der Waals surface area contributed by atoms with Gasteiger partial charge in [-0.15, -0.1) is 0 Å². The monoisotopic (exact) mass is 380 g/mol. The van der Waals surface area contributed by atoms with Gasteiger partial charge in [0.05, 0.1) is 0 Å². The van der Waals surface area contributed by atoms with E-state index in [-0.39, 0.29) is 0 Å². The molecule has 0 radical (unpaired) electrons. The standard InChI is InChI=1S/C13H9F3O4S.C2H6S/c14-13(15,16)21(17,18)20-12-8-6-11(7-9-12)19-10-4-2-1-3-5-10;1-3-2/h1-9H;1-2H3. The van der Waals surface area contributed by atoms with Crippen molar-refractivity contribution >= 4 is 21.9 Å². The zero-order valence-electron chi connectivity index (χ0n) is 12.8. The molecule has 0 atom stereocenters. The Labute approximate surface area is 142 Å². The van der Waals surface area contributed by atoms with Gasteiger partial charge < -0.3 is 8.92 Å². The number of hydrogen-bond acceptors (Lipinski definition) is 5. The van der Waals surface area contributed by atoms with Crippen molar-refractivity contribution in [3.8, 4) is 17.2 Å². The summed E-state index contributed by atoms with van der Waals surface area (Å²) in [6.07, 6.45) is 4.08. The predicted octanol–water partition coefficient (Wildman–Crippen LogP) is 4.69. The Morgan fingerprint density at radius 3 is 1.71 bits per heavy atom. The molecule has 0 fully saturated rings. The van der Waals surface area contributed by atoms with E-state index in [1.807, 2.05) is 12.5 Å². The van der Waals surface area contributed by atoms with Gasteiger partial charge in [0, 0.05) is 0 Å². The van der Waals surface area contributed by atoms with E-state index in [1.54, 1.807) is 42.1 Å². The molecule has 0 saturated carbocycles. The van der Waals surface area contributed by atoms with E-state index < -0.39 is 21.4 Å². The summed E-state index contributed by atoms with van der Waals surface area (Å²) in [4.78, 5) is 0. The van der Waals surface area contributed by atoms with Crippen LogP contribution in [0.25, 0.3) is 0 Å². The highest BCUT2D eigenvalue weighted by Crippen LogP contribution is 2.29. The Kier molecular flexibility index (Phi) is 7.43. The van der Waals surface area contributed by atoms with Crippen molar-refractivity contribution in [2.24, 2.45) is 0 Å². The summed E-state index contributed by atoms with van der Waals surface area (Å²) in [5.74, 6) is 0.416. The summed E-state index contributed by atoms with van der Waals surface area (Å²) in [5, 5.41) is 0. The SMILES string of the molecule is CSC.O=S(=O)(Oc1ccc(Oc2ccccc2)cc1)C(F)(F)F. The number of halogens is 3. The van der Waals surface area contributed by atoms with Gasteiger partial charge in [0.2, 0.25) is 0 Å². The first-order chi connectivity index (χ1) is 11.2. The molecule has 0 N–H and O–H groups in total. The molecule has 0 unspecified atom stereocenters. The Hall–Kier alpha value is -1.87. The number of para-hydroxylation sites is 1. The lowest BCUT2D eigenvalue weighted by atomic mass is 10.3. The van der Waals surface area contributed by atoms with Gasteiger partial charge >= 0.3 is 15.6 Å². The van der Waals surface area contributed by atoms with Crippen LogP contribution in [0.2, 0.25) is 0 Å². The van der Waals surface area contributed by atoms with Crippen molar-refractivity contribution in [2.45, 2.75) is 5.51 Å². The van der Waals surface area contributed by atoms with E-state index in [0.29, 0.717) is 11.5 Å². The van der Waals surface area contributed by atoms with Crippen LogP contribution in [0.3, 0.4) is 0 Å². The van der Waals surface area contributed by atoms with Gasteiger partial charge in [0.1, 0.15) is 17.2 Å². The van der Waals surface area contributed by atoms with E-state index in [2.05, 4.69) is 4.18 Å². The van der Waals surface area contributed by atoms with Crippen molar-refractivity contribution in [3.05, 3.63) is 54.6 Å². The fraction of sp³-hybridized carbons (Fsp3) is 0.200. The molecule has 0 aromatic heterocycles. The summed E-state index contributed by atoms with van der Waals surface area (Å²) < 4.78 is 67.4. The van der Waals surface area contributed by atoms with Crippen LogP contribution in [0.4, 0.5) is 13.2 Å². The molecule has 0 saturated heterocycles. The number of rotatable bonds is 4. The van der Waals surface area contributed by atoms with Crippen molar-refractivity contribution in [1.82, 2.24) is 0 Å². The van der Waals surface area contributed by atoms with Gasteiger partial charge in [-0.1, -0.05) is 18.2 Å². The third-order valence-corrected chi connectivity index (χ3v) is 3.27. The average molecular weight is 380 g/mol. The van der Waals surface area contributed by atoms with Crippen LogP contribution in [-0.2, 0) is 10.1 Å². The van der Waals surface area contributed by atoms with Crippen molar-refractivity contribution in [2.75, 3.05) is 12.5 Å². The molecule has 0 heterocycles. The van der Waals surface area contributed by atoms with Crippen LogP contribution < -0.4 is 8.92 Å². The number of benzene rings is 2. The average Bonchev–Trinajstić information content (AvgIpc) is 2.50. The van der Waals surface area contributed by atoms with Gasteiger partial charge in [0.15, 0.2) is 0 Å². The summed E-state index contributed by atoms with van der Waals surface area (Å²) in [7, 11) is -5.66. The van der Waals surface area contributed by atoms with Crippen LogP contribution in [0.5, 0.6) is 17.2 Å². The van der Waals surface area contributed by atoms with E-state index in [9.17, 15) is 21.6 Å². The lowest BCUT2D eigenvalue weighted by Crippen LogP contribution is -2.27. The summed E-state index contributed by atoms with van der Waals surface area (Å²) in [5.41, 5.74) is -5.47. The van der Waals surface area contributed by atoms with Gasteiger partial charge in [-0.05, 0) is 48.9 Å². The maximum Gasteiger partial charge on any atom is 0.534 e. The van der Waals surface area contributed by atoms with Crippen molar-refractivity contribution in [3.63, 3.8) is 0 Å². The maximum atomic E-state index is 12.1. The molecule has 0 aliphatic heterocycles. The lowest BCUT2D eigenvalue weighted by Gasteiger charge is -2.10. The minimum atomic E-state index is -5.66. The molecule has 24 heavy (non-hydrogen) atoms. The zero-order chi connectivity index (χ0) is 18.2. The molecule has 2 aromatic rings. The lowest BCUT2D eigenvalue weighted by molar-refractivity contribution is -0.0500. The number of alkyl halides is 3. The molecule has 2 rings (SSSR count). The van der Waals surface area contributed by atoms with E-state index in [4.69, 9.17) is 4.74 Å². The largest absolute Gasteiger partial charge is 0.534 e. The molecule has 132 valence electrons. The molecule has 0 amide bonds. The van der Waals surface area contributed by atoms with Crippen molar-refractivity contribution < 1.29 is 30.5 Å². The minimum Gasteiger partial charge on any atom is -0.457 e. The zero-order valence-corrected chi connectivity index (χ0v) is 14.4. The Morgan fingerprint density at radius 2 is 1.25 bits per heavy atom. The number of hydrogen-bond donors (Lipinski definition) is 0. The van der Waals surface area contributed by atoms with Crippen molar-refractivity contribution in [1.29, 1.82) is 0 Å². The van der Waals surface area contributed by atoms with Crippen LogP contribution in [0, 0.1) is 0 Å². The van der Waals surface area contributed by atoms with Crippen LogP contribution >= 0.6 is 11.8 Å². The van der Waals surface area contributed by atoms with E-state index >= 15 is 0 Å². The predicted molar refractivity (Wildman–Crippen MR) is 88.0 cm³/mol. The molecule has 9 heteroatoms. The Bertz CT molecular complexity index is 715. The first-order valence-electron chi connectivity index (χ1n) is 6.43. The molecule has 0 aliphatic carbocycles. The first kappa shape index (κ1) is 20.2.